The first-order chi connectivity index (χ1) is 21.9. The summed E-state index contributed by atoms with van der Waals surface area (Å²) in [5.74, 6) is 0.870. The molecule has 0 unspecified atom stereocenters. The number of nitrogens with zero attached hydrogens (tertiary/aromatic N) is 5. The summed E-state index contributed by atoms with van der Waals surface area (Å²) >= 11 is 0. The van der Waals surface area contributed by atoms with Crippen LogP contribution >= 0.6 is 0 Å². The number of aromatic nitrogens is 2. The molecule has 1 saturated heterocycles. The number of hydrogen-bond acceptors (Lipinski definition) is 6. The second-order valence-electron chi connectivity index (χ2n) is 12.0. The molecule has 242 valence electrons. The van der Waals surface area contributed by atoms with Crippen LogP contribution < -0.4 is 10.1 Å². The van der Waals surface area contributed by atoms with E-state index >= 15 is 0 Å². The van der Waals surface area contributed by atoms with Crippen molar-refractivity contribution in [2.24, 2.45) is 0 Å². The maximum atomic E-state index is 14.1. The van der Waals surface area contributed by atoms with Crippen LogP contribution in [0.15, 0.2) is 54.7 Å². The number of amides is 3. The summed E-state index contributed by atoms with van der Waals surface area (Å²) in [6, 6.07) is 12.6. The smallest absolute Gasteiger partial charge is 0.416 e. The number of piperazine rings is 1. The predicted molar refractivity (Wildman–Crippen MR) is 168 cm³/mol. The fourth-order valence-electron chi connectivity index (χ4n) is 5.85. The second kappa shape index (κ2) is 12.6. The number of fused-ring (bicyclic) bond motifs is 2. The topological polar surface area (TPSA) is 97.0 Å². The molecule has 10 nitrogen and oxygen atoms in total. The number of likely N-dealkylation sites (N-methyl/N-ethyl adjacent to an activating group) is 1. The SMILES string of the molecule is CN1CCN(Cc2ccc(NC(=O)N3CCc4ccc(Oc5ccnc6[nH]c(C(=O)N(C)C)cc56)cc4C3)cc2C(F)(F)F)CC1. The van der Waals surface area contributed by atoms with Crippen molar-refractivity contribution in [3.63, 3.8) is 0 Å². The predicted octanol–water partition coefficient (Wildman–Crippen LogP) is 5.41. The Morgan fingerprint density at radius 1 is 1.00 bits per heavy atom. The molecule has 1 fully saturated rings. The van der Waals surface area contributed by atoms with E-state index in [9.17, 15) is 22.8 Å². The van der Waals surface area contributed by atoms with Gasteiger partial charge in [0.2, 0.25) is 0 Å². The fraction of sp³-hybridized carbons (Fsp3) is 0.364. The van der Waals surface area contributed by atoms with E-state index < -0.39 is 17.8 Å². The second-order valence-corrected chi connectivity index (χ2v) is 12.0. The van der Waals surface area contributed by atoms with Gasteiger partial charge in [-0.2, -0.15) is 13.2 Å². The molecule has 46 heavy (non-hydrogen) atoms. The van der Waals surface area contributed by atoms with E-state index in [2.05, 4.69) is 20.2 Å². The van der Waals surface area contributed by atoms with Gasteiger partial charge in [0.1, 0.15) is 22.8 Å². The minimum Gasteiger partial charge on any atom is -0.457 e. The molecular formula is C33H36F3N7O3. The molecule has 0 saturated carbocycles. The van der Waals surface area contributed by atoms with Crippen LogP contribution in [0.25, 0.3) is 11.0 Å². The van der Waals surface area contributed by atoms with E-state index in [0.717, 1.165) is 30.3 Å². The molecule has 0 spiro atoms. The maximum absolute atomic E-state index is 14.1. The van der Waals surface area contributed by atoms with E-state index in [1.165, 1.54) is 17.0 Å². The monoisotopic (exact) mass is 635 g/mol. The molecule has 2 aliphatic heterocycles. The van der Waals surface area contributed by atoms with Crippen molar-refractivity contribution in [2.75, 3.05) is 59.2 Å². The largest absolute Gasteiger partial charge is 0.457 e. The zero-order valence-electron chi connectivity index (χ0n) is 25.9. The molecule has 2 aliphatic rings. The Labute approximate surface area is 264 Å². The molecule has 3 amide bonds. The number of aromatic amines is 1. The number of hydrogen-bond donors (Lipinski definition) is 2. The number of carbonyl (C=O) groups is 2. The van der Waals surface area contributed by atoms with Crippen LogP contribution in [0.4, 0.5) is 23.7 Å². The molecule has 0 aliphatic carbocycles. The lowest BCUT2D eigenvalue weighted by molar-refractivity contribution is -0.138. The molecule has 0 radical (unpaired) electrons. The fourth-order valence-corrected chi connectivity index (χ4v) is 5.85. The van der Waals surface area contributed by atoms with Crippen LogP contribution in [0.5, 0.6) is 11.5 Å². The van der Waals surface area contributed by atoms with E-state index in [0.29, 0.717) is 54.3 Å². The van der Waals surface area contributed by atoms with Crippen LogP contribution in [0.3, 0.4) is 0 Å². The minimum absolute atomic E-state index is 0.0997. The van der Waals surface area contributed by atoms with Gasteiger partial charge in [-0.25, -0.2) is 9.78 Å². The van der Waals surface area contributed by atoms with E-state index in [1.807, 2.05) is 30.1 Å². The minimum atomic E-state index is -4.55. The summed E-state index contributed by atoms with van der Waals surface area (Å²) in [7, 11) is 5.33. The molecule has 2 N–H and O–H groups in total. The Hall–Kier alpha value is -4.62. The number of anilines is 1. The van der Waals surface area contributed by atoms with E-state index in [4.69, 9.17) is 4.74 Å². The first-order valence-corrected chi connectivity index (χ1v) is 15.1. The Morgan fingerprint density at radius 3 is 2.52 bits per heavy atom. The van der Waals surface area contributed by atoms with Crippen molar-refractivity contribution in [2.45, 2.75) is 25.7 Å². The average Bonchev–Trinajstić information content (AvgIpc) is 3.47. The third-order valence-corrected chi connectivity index (χ3v) is 8.49. The third kappa shape index (κ3) is 6.80. The van der Waals surface area contributed by atoms with Gasteiger partial charge in [0.15, 0.2) is 0 Å². The summed E-state index contributed by atoms with van der Waals surface area (Å²) in [5.41, 5.74) is 2.40. The van der Waals surface area contributed by atoms with E-state index in [1.54, 1.807) is 37.3 Å². The molecular weight excluding hydrogens is 599 g/mol. The number of alkyl halides is 3. The summed E-state index contributed by atoms with van der Waals surface area (Å²) in [6.45, 7) is 3.91. The maximum Gasteiger partial charge on any atom is 0.416 e. The lowest BCUT2D eigenvalue weighted by Crippen LogP contribution is -2.44. The van der Waals surface area contributed by atoms with Crippen molar-refractivity contribution < 1.29 is 27.5 Å². The molecule has 0 atom stereocenters. The average molecular weight is 636 g/mol. The highest BCUT2D eigenvalue weighted by Crippen LogP contribution is 2.35. The number of ether oxygens (including phenoxy) is 1. The van der Waals surface area contributed by atoms with Crippen LogP contribution in [0.2, 0.25) is 0 Å². The highest BCUT2D eigenvalue weighted by Gasteiger charge is 2.34. The summed E-state index contributed by atoms with van der Waals surface area (Å²) in [4.78, 5) is 40.2. The molecule has 2 aromatic heterocycles. The van der Waals surface area contributed by atoms with Crippen molar-refractivity contribution in [1.82, 2.24) is 29.6 Å². The Balaban J connectivity index is 1.15. The van der Waals surface area contributed by atoms with Gasteiger partial charge < -0.3 is 29.7 Å². The van der Waals surface area contributed by atoms with Gasteiger partial charge in [0.25, 0.3) is 5.91 Å². The standard InChI is InChI=1S/C33H36F3N7O3/c1-40(2)31(44)28-18-26-29(8-10-37-30(26)39-28)46-25-7-5-21-9-11-43(20-23(21)16-25)32(45)38-24-6-4-22(27(17-24)33(34,35)36)19-42-14-12-41(3)13-15-42/h4-8,10,16-18H,9,11-15,19-20H2,1-3H3,(H,37,39)(H,38,45). The van der Waals surface area contributed by atoms with Crippen molar-refractivity contribution in [1.29, 1.82) is 0 Å². The Bertz CT molecular complexity index is 1760. The molecule has 2 aromatic carbocycles. The highest BCUT2D eigenvalue weighted by molar-refractivity contribution is 5.98. The van der Waals surface area contributed by atoms with Gasteiger partial charge in [-0.1, -0.05) is 12.1 Å². The zero-order chi connectivity index (χ0) is 32.6. The van der Waals surface area contributed by atoms with Gasteiger partial charge in [0, 0.05) is 71.8 Å². The number of rotatable bonds is 6. The van der Waals surface area contributed by atoms with Crippen molar-refractivity contribution in [3.05, 3.63) is 82.7 Å². The van der Waals surface area contributed by atoms with Gasteiger partial charge in [0.05, 0.1) is 10.9 Å². The molecule has 6 rings (SSSR count). The quantitative estimate of drug-likeness (QED) is 0.294. The number of pyridine rings is 1. The highest BCUT2D eigenvalue weighted by atomic mass is 19.4. The lowest BCUT2D eigenvalue weighted by atomic mass is 9.99. The lowest BCUT2D eigenvalue weighted by Gasteiger charge is -2.33. The third-order valence-electron chi connectivity index (χ3n) is 8.49. The van der Waals surface area contributed by atoms with E-state index in [-0.39, 0.29) is 30.2 Å². The Morgan fingerprint density at radius 2 is 1.78 bits per heavy atom. The van der Waals surface area contributed by atoms with Gasteiger partial charge in [-0.05, 0) is 66.6 Å². The number of carbonyl (C=O) groups excluding carboxylic acids is 2. The normalized spacial score (nSPS) is 15.9. The van der Waals surface area contributed by atoms with Crippen LogP contribution in [-0.4, -0.2) is 95.4 Å². The summed E-state index contributed by atoms with van der Waals surface area (Å²) in [6.07, 6.45) is -2.37. The molecule has 4 aromatic rings. The molecule has 13 heteroatoms. The Kier molecular flexibility index (Phi) is 8.62. The van der Waals surface area contributed by atoms with Crippen molar-refractivity contribution >= 4 is 28.7 Å². The first-order valence-electron chi connectivity index (χ1n) is 15.1. The first kappa shape index (κ1) is 31.4. The number of benzene rings is 2. The number of halogens is 3. The summed E-state index contributed by atoms with van der Waals surface area (Å²) in [5, 5.41) is 3.33. The zero-order valence-corrected chi connectivity index (χ0v) is 25.9. The van der Waals surface area contributed by atoms with Crippen molar-refractivity contribution in [3.8, 4) is 11.5 Å². The van der Waals surface area contributed by atoms with Crippen LogP contribution in [0.1, 0.15) is 32.7 Å². The van der Waals surface area contributed by atoms with Gasteiger partial charge in [-0.3, -0.25) is 9.69 Å². The number of nitrogens with one attached hydrogen (secondary N) is 2. The number of urea groups is 1. The van der Waals surface area contributed by atoms with Crippen LogP contribution in [-0.2, 0) is 25.7 Å². The number of H-pyrrole nitrogens is 1. The van der Waals surface area contributed by atoms with Crippen LogP contribution in [0, 0.1) is 0 Å². The molecule has 0 bridgehead atoms. The summed E-state index contributed by atoms with van der Waals surface area (Å²) < 4.78 is 48.4. The molecule has 4 heterocycles. The van der Waals surface area contributed by atoms with Gasteiger partial charge in [-0.15, -0.1) is 0 Å². The van der Waals surface area contributed by atoms with Gasteiger partial charge >= 0.3 is 12.2 Å².